The van der Waals surface area contributed by atoms with Gasteiger partial charge in [-0.15, -0.1) is 0 Å². The summed E-state index contributed by atoms with van der Waals surface area (Å²) in [6, 6.07) is 0. The summed E-state index contributed by atoms with van der Waals surface area (Å²) in [4.78, 5) is 34.2. The summed E-state index contributed by atoms with van der Waals surface area (Å²) in [6.07, 6.45) is 2.49. The highest BCUT2D eigenvalue weighted by molar-refractivity contribution is 6.12. The van der Waals surface area contributed by atoms with E-state index in [0.717, 1.165) is 4.90 Å². The van der Waals surface area contributed by atoms with Crippen LogP contribution in [0, 0.1) is 0 Å². The first-order valence-corrected chi connectivity index (χ1v) is 15.2. The molecule has 0 atom stereocenters. The maximum absolute atomic E-state index is 11.4. The molecular weight excluding hydrogens is 602 g/mol. The van der Waals surface area contributed by atoms with Crippen LogP contribution in [0.4, 0.5) is 0 Å². The first kappa shape index (κ1) is 40.9. The second-order valence-electron chi connectivity index (χ2n) is 9.04. The molecule has 45 heavy (non-hydrogen) atoms. The number of rotatable bonds is 36. The van der Waals surface area contributed by atoms with Gasteiger partial charge in [-0.25, -0.2) is 0 Å². The normalized spacial score (nSPS) is 13.0. The molecule has 262 valence electrons. The lowest BCUT2D eigenvalue weighted by atomic mass is 10.5. The molecule has 0 unspecified atom stereocenters. The van der Waals surface area contributed by atoms with Crippen LogP contribution < -0.4 is 0 Å². The molecule has 0 aromatic rings. The van der Waals surface area contributed by atoms with Crippen molar-refractivity contribution in [3.05, 3.63) is 12.2 Å². The van der Waals surface area contributed by atoms with Gasteiger partial charge >= 0.3 is 5.97 Å². The second-order valence-corrected chi connectivity index (χ2v) is 9.04. The molecule has 16 heteroatoms. The van der Waals surface area contributed by atoms with Crippen molar-refractivity contribution in [2.24, 2.45) is 0 Å². The van der Waals surface area contributed by atoms with Gasteiger partial charge in [0, 0.05) is 12.2 Å². The van der Waals surface area contributed by atoms with E-state index in [2.05, 4.69) is 0 Å². The number of imide groups is 1. The summed E-state index contributed by atoms with van der Waals surface area (Å²) in [5, 5.41) is 8.48. The van der Waals surface area contributed by atoms with Gasteiger partial charge in [0.05, 0.1) is 158 Å². The van der Waals surface area contributed by atoms with Gasteiger partial charge in [-0.1, -0.05) is 0 Å². The average molecular weight is 654 g/mol. The van der Waals surface area contributed by atoms with Crippen molar-refractivity contribution >= 4 is 17.8 Å². The molecular formula is C29H51NO15. The summed E-state index contributed by atoms with van der Waals surface area (Å²) >= 11 is 0. The molecule has 1 N–H and O–H groups in total. The maximum Gasteiger partial charge on any atom is 0.305 e. The van der Waals surface area contributed by atoms with Gasteiger partial charge in [0.2, 0.25) is 0 Å². The van der Waals surface area contributed by atoms with Crippen molar-refractivity contribution in [2.45, 2.75) is 6.42 Å². The fourth-order valence-electron chi connectivity index (χ4n) is 3.27. The van der Waals surface area contributed by atoms with Gasteiger partial charge in [0.1, 0.15) is 0 Å². The molecule has 16 nitrogen and oxygen atoms in total. The van der Waals surface area contributed by atoms with Crippen molar-refractivity contribution in [2.75, 3.05) is 152 Å². The number of carboxylic acids is 1. The van der Waals surface area contributed by atoms with E-state index < -0.39 is 5.97 Å². The first-order chi connectivity index (χ1) is 22.1. The van der Waals surface area contributed by atoms with Crippen LogP contribution in [0.3, 0.4) is 0 Å². The SMILES string of the molecule is O=C(O)CCOCCOCCOCCOCCOCCOCCOCCOCCOCCOCCOCCN1C(=O)C=CC1=O. The quantitative estimate of drug-likeness (QED) is 0.0680. The molecule has 0 spiro atoms. The number of hydrogen-bond acceptors (Lipinski definition) is 14. The smallest absolute Gasteiger partial charge is 0.305 e. The molecule has 1 aliphatic heterocycles. The lowest BCUT2D eigenvalue weighted by molar-refractivity contribution is -0.139. The fraction of sp³-hybridized carbons (Fsp3) is 0.828. The highest BCUT2D eigenvalue weighted by atomic mass is 16.6. The number of hydrogen-bond donors (Lipinski definition) is 1. The first-order valence-electron chi connectivity index (χ1n) is 15.2. The summed E-state index contributed by atoms with van der Waals surface area (Å²) in [5.41, 5.74) is 0. The molecule has 0 bridgehead atoms. The third-order valence-corrected chi connectivity index (χ3v) is 5.54. The number of carboxylic acid groups (broad SMARTS) is 1. The van der Waals surface area contributed by atoms with Gasteiger partial charge in [-0.2, -0.15) is 0 Å². The summed E-state index contributed by atoms with van der Waals surface area (Å²) < 4.78 is 59.2. The number of nitrogens with zero attached hydrogens (tertiary/aromatic N) is 1. The third kappa shape index (κ3) is 27.9. The Balaban J connectivity index is 1.62. The molecule has 0 saturated carbocycles. The molecule has 0 aromatic heterocycles. The van der Waals surface area contributed by atoms with Crippen molar-refractivity contribution in [3.63, 3.8) is 0 Å². The van der Waals surface area contributed by atoms with Crippen LogP contribution in [0.1, 0.15) is 6.42 Å². The maximum atomic E-state index is 11.4. The van der Waals surface area contributed by atoms with E-state index in [1.807, 2.05) is 0 Å². The molecule has 1 rings (SSSR count). The minimum absolute atomic E-state index is 0.00795. The molecule has 1 aliphatic rings. The molecule has 0 saturated heterocycles. The summed E-state index contributed by atoms with van der Waals surface area (Å²) in [6.45, 7) is 9.63. The number of aliphatic carboxylic acids is 1. The lowest BCUT2D eigenvalue weighted by Gasteiger charge is -2.13. The highest BCUT2D eigenvalue weighted by Crippen LogP contribution is 2.02. The average Bonchev–Trinajstić information content (AvgIpc) is 3.35. The van der Waals surface area contributed by atoms with Gasteiger partial charge in [-0.3, -0.25) is 19.3 Å². The van der Waals surface area contributed by atoms with Crippen molar-refractivity contribution < 1.29 is 71.6 Å². The second kappa shape index (κ2) is 31.9. The zero-order valence-electron chi connectivity index (χ0n) is 26.2. The zero-order valence-corrected chi connectivity index (χ0v) is 26.2. The van der Waals surface area contributed by atoms with E-state index in [1.54, 1.807) is 0 Å². The Labute approximate surface area is 265 Å². The number of carbonyl (C=O) groups is 3. The summed E-state index contributed by atoms with van der Waals surface area (Å²) in [5.74, 6) is -1.50. The number of amides is 2. The zero-order chi connectivity index (χ0) is 32.5. The monoisotopic (exact) mass is 653 g/mol. The number of carbonyl (C=O) groups excluding carboxylic acids is 2. The predicted octanol–water partition coefficient (Wildman–Crippen LogP) is -0.431. The van der Waals surface area contributed by atoms with Crippen LogP contribution in [0.15, 0.2) is 12.2 Å². The molecule has 0 fully saturated rings. The van der Waals surface area contributed by atoms with E-state index in [0.29, 0.717) is 132 Å². The van der Waals surface area contributed by atoms with Crippen molar-refractivity contribution in [1.29, 1.82) is 0 Å². The molecule has 2 amide bonds. The third-order valence-electron chi connectivity index (χ3n) is 5.54. The van der Waals surface area contributed by atoms with E-state index in [4.69, 9.17) is 57.2 Å². The van der Waals surface area contributed by atoms with Crippen LogP contribution in [-0.4, -0.2) is 180 Å². The van der Waals surface area contributed by atoms with E-state index in [9.17, 15) is 14.4 Å². The van der Waals surface area contributed by atoms with Crippen LogP contribution in [0.2, 0.25) is 0 Å². The predicted molar refractivity (Wildman–Crippen MR) is 157 cm³/mol. The number of ether oxygens (including phenoxy) is 11. The van der Waals surface area contributed by atoms with Crippen LogP contribution in [-0.2, 0) is 66.5 Å². The fourth-order valence-corrected chi connectivity index (χ4v) is 3.27. The molecule has 0 aromatic carbocycles. The van der Waals surface area contributed by atoms with Gasteiger partial charge in [0.25, 0.3) is 11.8 Å². The van der Waals surface area contributed by atoms with Gasteiger partial charge in [-0.05, 0) is 0 Å². The van der Waals surface area contributed by atoms with Crippen molar-refractivity contribution in [3.8, 4) is 0 Å². The highest BCUT2D eigenvalue weighted by Gasteiger charge is 2.22. The Hall–Kier alpha value is -2.09. The Morgan fingerprint density at radius 2 is 0.644 bits per heavy atom. The molecule has 0 radical (unpaired) electrons. The van der Waals surface area contributed by atoms with Crippen LogP contribution in [0.25, 0.3) is 0 Å². The summed E-state index contributed by atoms with van der Waals surface area (Å²) in [7, 11) is 0. The Morgan fingerprint density at radius 1 is 0.422 bits per heavy atom. The van der Waals surface area contributed by atoms with E-state index in [-0.39, 0.29) is 38.0 Å². The standard InChI is InChI=1S/C29H51NO15/c31-27-1-2-28(32)30(27)4-6-36-8-10-38-12-14-40-16-18-42-20-22-44-24-26-45-25-23-43-21-19-41-17-15-39-13-11-37-9-7-35-5-3-29(33)34/h1-2H,3-26H2,(H,33,34). The van der Waals surface area contributed by atoms with E-state index in [1.165, 1.54) is 12.2 Å². The minimum Gasteiger partial charge on any atom is -0.481 e. The van der Waals surface area contributed by atoms with Gasteiger partial charge < -0.3 is 57.2 Å². The van der Waals surface area contributed by atoms with E-state index >= 15 is 0 Å². The minimum atomic E-state index is -0.879. The van der Waals surface area contributed by atoms with Crippen LogP contribution >= 0.6 is 0 Å². The van der Waals surface area contributed by atoms with Gasteiger partial charge in [0.15, 0.2) is 0 Å². The molecule has 0 aliphatic carbocycles. The molecule has 1 heterocycles. The largest absolute Gasteiger partial charge is 0.481 e. The Bertz CT molecular complexity index is 737. The van der Waals surface area contributed by atoms with Crippen molar-refractivity contribution in [1.82, 2.24) is 4.90 Å². The Morgan fingerprint density at radius 3 is 0.889 bits per heavy atom. The Kier molecular flexibility index (Phi) is 29.0. The topological polar surface area (TPSA) is 176 Å². The van der Waals surface area contributed by atoms with Crippen LogP contribution in [0.5, 0.6) is 0 Å². The lowest BCUT2D eigenvalue weighted by Crippen LogP contribution is -2.33.